The molecule has 0 aliphatic heterocycles. The van der Waals surface area contributed by atoms with Crippen LogP contribution in [0.5, 0.6) is 0 Å². The van der Waals surface area contributed by atoms with E-state index in [2.05, 4.69) is 44.2 Å². The van der Waals surface area contributed by atoms with Gasteiger partial charge in [0, 0.05) is 0 Å². The smallest absolute Gasteiger partial charge is 0.0149 e. The van der Waals surface area contributed by atoms with Crippen molar-refractivity contribution in [2.75, 3.05) is 0 Å². The molecule has 0 heteroatoms. The molecule has 1 unspecified atom stereocenters. The fraction of sp³-hybridized carbons (Fsp3) is 0.769. The van der Waals surface area contributed by atoms with Crippen LogP contribution in [0.25, 0.3) is 0 Å². The molecule has 26 heavy (non-hydrogen) atoms. The second-order valence-corrected chi connectivity index (χ2v) is 8.28. The Hall–Kier alpha value is -0.780. The molecule has 0 aliphatic carbocycles. The quantitative estimate of drug-likeness (QED) is 0.230. The number of benzene rings is 1. The molecule has 0 bridgehead atoms. The maximum absolute atomic E-state index is 3.45. The zero-order valence-corrected chi connectivity index (χ0v) is 17.9. The zero-order chi connectivity index (χ0) is 18.7. The highest BCUT2D eigenvalue weighted by Gasteiger charge is 2.10. The molecule has 0 nitrogen and oxygen atoms in total. The number of rotatable bonds is 18. The molecule has 0 N–H and O–H groups in total. The standard InChI is InChI=1S/C26H45/c1-3-5-7-9-11-12-14-17-21-25(20-16-13-10-8-6-4-2)24-26-22-18-15-19-23-26/h15,18-19,22,25H,3-14,16-17,20-21,24H2,1-2H3. The van der Waals surface area contributed by atoms with Gasteiger partial charge in [0.2, 0.25) is 0 Å². The van der Waals surface area contributed by atoms with Gasteiger partial charge in [-0.2, -0.15) is 0 Å². The molecule has 1 aromatic rings. The van der Waals surface area contributed by atoms with Crippen LogP contribution in [0.4, 0.5) is 0 Å². The Kier molecular flexibility index (Phi) is 15.8. The van der Waals surface area contributed by atoms with Crippen molar-refractivity contribution in [3.63, 3.8) is 0 Å². The number of hydrogen-bond donors (Lipinski definition) is 0. The molecule has 0 spiro atoms. The average molecular weight is 358 g/mol. The van der Waals surface area contributed by atoms with Crippen LogP contribution in [0.2, 0.25) is 0 Å². The first-order chi connectivity index (χ1) is 12.9. The Bertz CT molecular complexity index is 380. The van der Waals surface area contributed by atoms with Crippen molar-refractivity contribution >= 4 is 0 Å². The van der Waals surface area contributed by atoms with Crippen LogP contribution in [0.1, 0.15) is 122 Å². The van der Waals surface area contributed by atoms with Crippen LogP contribution in [0.15, 0.2) is 24.3 Å². The molecular weight excluding hydrogens is 312 g/mol. The van der Waals surface area contributed by atoms with Crippen molar-refractivity contribution in [3.8, 4) is 0 Å². The van der Waals surface area contributed by atoms with Crippen LogP contribution < -0.4 is 0 Å². The van der Waals surface area contributed by atoms with Crippen molar-refractivity contribution in [3.05, 3.63) is 35.9 Å². The Balaban J connectivity index is 2.20. The van der Waals surface area contributed by atoms with Gasteiger partial charge in [0.05, 0.1) is 0 Å². The molecule has 0 saturated heterocycles. The van der Waals surface area contributed by atoms with Gasteiger partial charge in [0.25, 0.3) is 0 Å². The van der Waals surface area contributed by atoms with Crippen molar-refractivity contribution in [2.45, 2.75) is 123 Å². The molecule has 0 aliphatic rings. The molecule has 0 fully saturated rings. The fourth-order valence-electron chi connectivity index (χ4n) is 4.00. The Morgan fingerprint density at radius 3 is 1.62 bits per heavy atom. The van der Waals surface area contributed by atoms with E-state index in [0.717, 1.165) is 5.92 Å². The summed E-state index contributed by atoms with van der Waals surface area (Å²) < 4.78 is 0. The maximum atomic E-state index is 3.45. The Morgan fingerprint density at radius 1 is 0.654 bits per heavy atom. The lowest BCUT2D eigenvalue weighted by atomic mass is 9.89. The van der Waals surface area contributed by atoms with Gasteiger partial charge in [-0.25, -0.2) is 0 Å². The fourth-order valence-corrected chi connectivity index (χ4v) is 4.00. The summed E-state index contributed by atoms with van der Waals surface area (Å²) >= 11 is 0. The number of hydrogen-bond acceptors (Lipinski definition) is 0. The van der Waals surface area contributed by atoms with Gasteiger partial charge < -0.3 is 0 Å². The van der Waals surface area contributed by atoms with Crippen LogP contribution in [-0.2, 0) is 6.42 Å². The van der Waals surface area contributed by atoms with Crippen LogP contribution in [0, 0.1) is 12.0 Å². The predicted molar refractivity (Wildman–Crippen MR) is 118 cm³/mol. The molecule has 0 aromatic heterocycles. The lowest BCUT2D eigenvalue weighted by Gasteiger charge is -2.17. The topological polar surface area (TPSA) is 0 Å². The minimum absolute atomic E-state index is 0.875. The van der Waals surface area contributed by atoms with E-state index in [1.807, 2.05) is 0 Å². The molecule has 0 saturated carbocycles. The van der Waals surface area contributed by atoms with Crippen molar-refractivity contribution < 1.29 is 0 Å². The molecular formula is C26H45. The minimum atomic E-state index is 0.875. The van der Waals surface area contributed by atoms with Crippen LogP contribution in [0.3, 0.4) is 0 Å². The summed E-state index contributed by atoms with van der Waals surface area (Å²) in [6.45, 7) is 4.60. The molecule has 1 atom stereocenters. The number of unbranched alkanes of at least 4 members (excludes halogenated alkanes) is 12. The van der Waals surface area contributed by atoms with E-state index in [-0.39, 0.29) is 0 Å². The lowest BCUT2D eigenvalue weighted by molar-refractivity contribution is 0.400. The third-order valence-electron chi connectivity index (χ3n) is 5.71. The van der Waals surface area contributed by atoms with E-state index < -0.39 is 0 Å². The highest BCUT2D eigenvalue weighted by Crippen LogP contribution is 2.23. The predicted octanol–water partition coefficient (Wildman–Crippen LogP) is 8.93. The maximum Gasteiger partial charge on any atom is -0.0149 e. The zero-order valence-electron chi connectivity index (χ0n) is 17.9. The summed E-state index contributed by atoms with van der Waals surface area (Å²) in [5.74, 6) is 0.875. The second-order valence-electron chi connectivity index (χ2n) is 8.28. The third-order valence-corrected chi connectivity index (χ3v) is 5.71. The first-order valence-corrected chi connectivity index (χ1v) is 11.8. The molecule has 149 valence electrons. The van der Waals surface area contributed by atoms with Crippen molar-refractivity contribution in [1.82, 2.24) is 0 Å². The molecule has 0 amide bonds. The summed E-state index contributed by atoms with van der Waals surface area (Å²) in [6.07, 6.45) is 24.1. The SMILES string of the molecule is CCCCCCCCCCC(CCCCCCCC)Cc1[c]cccc1. The summed E-state index contributed by atoms with van der Waals surface area (Å²) in [5.41, 5.74) is 1.42. The van der Waals surface area contributed by atoms with Gasteiger partial charge in [-0.1, -0.05) is 141 Å². The van der Waals surface area contributed by atoms with Gasteiger partial charge in [-0.3, -0.25) is 0 Å². The Labute approximate surface area is 165 Å². The van der Waals surface area contributed by atoms with Gasteiger partial charge in [-0.15, -0.1) is 0 Å². The largest absolute Gasteiger partial charge is 0.0654 e. The van der Waals surface area contributed by atoms with Gasteiger partial charge in [-0.05, 0) is 24.0 Å². The lowest BCUT2D eigenvalue weighted by Crippen LogP contribution is -2.05. The third kappa shape index (κ3) is 13.4. The van der Waals surface area contributed by atoms with Gasteiger partial charge in [0.1, 0.15) is 0 Å². The first kappa shape index (κ1) is 23.3. The second kappa shape index (κ2) is 17.6. The molecule has 1 rings (SSSR count). The van der Waals surface area contributed by atoms with E-state index >= 15 is 0 Å². The summed E-state index contributed by atoms with van der Waals surface area (Å²) in [6, 6.07) is 12.0. The normalized spacial score (nSPS) is 12.4. The van der Waals surface area contributed by atoms with Crippen LogP contribution in [-0.4, -0.2) is 0 Å². The van der Waals surface area contributed by atoms with Gasteiger partial charge in [0.15, 0.2) is 0 Å². The highest BCUT2D eigenvalue weighted by molar-refractivity contribution is 5.13. The average Bonchev–Trinajstić information content (AvgIpc) is 2.67. The van der Waals surface area contributed by atoms with Crippen molar-refractivity contribution in [2.24, 2.45) is 5.92 Å². The highest BCUT2D eigenvalue weighted by atomic mass is 14.1. The summed E-state index contributed by atoms with van der Waals surface area (Å²) in [4.78, 5) is 0. The first-order valence-electron chi connectivity index (χ1n) is 11.8. The summed E-state index contributed by atoms with van der Waals surface area (Å²) in [5, 5.41) is 0. The summed E-state index contributed by atoms with van der Waals surface area (Å²) in [7, 11) is 0. The van der Waals surface area contributed by atoms with Crippen LogP contribution >= 0.6 is 0 Å². The van der Waals surface area contributed by atoms with Gasteiger partial charge >= 0.3 is 0 Å². The van der Waals surface area contributed by atoms with Crippen molar-refractivity contribution in [1.29, 1.82) is 0 Å². The van der Waals surface area contributed by atoms with E-state index in [0.29, 0.717) is 0 Å². The molecule has 0 heterocycles. The Morgan fingerprint density at radius 2 is 1.15 bits per heavy atom. The van der Waals surface area contributed by atoms with E-state index in [4.69, 9.17) is 0 Å². The van der Waals surface area contributed by atoms with E-state index in [9.17, 15) is 0 Å². The minimum Gasteiger partial charge on any atom is -0.0654 e. The monoisotopic (exact) mass is 357 g/mol. The molecule has 1 radical (unpaired) electrons. The van der Waals surface area contributed by atoms with E-state index in [1.165, 1.54) is 115 Å². The van der Waals surface area contributed by atoms with E-state index in [1.54, 1.807) is 0 Å². The molecule has 1 aromatic carbocycles.